The number of amides is 5. The Kier molecular flexibility index (Phi) is 8.48. The molecule has 10 heteroatoms. The Morgan fingerprint density at radius 1 is 0.914 bits per heavy atom. The summed E-state index contributed by atoms with van der Waals surface area (Å²) in [5.74, 6) is -1.30. The van der Waals surface area contributed by atoms with E-state index in [0.717, 1.165) is 32.1 Å². The van der Waals surface area contributed by atoms with Crippen molar-refractivity contribution in [2.75, 3.05) is 19.6 Å². The van der Waals surface area contributed by atoms with Gasteiger partial charge in [-0.1, -0.05) is 19.3 Å². The lowest BCUT2D eigenvalue weighted by Gasteiger charge is -2.29. The van der Waals surface area contributed by atoms with E-state index < -0.39 is 17.6 Å². The summed E-state index contributed by atoms with van der Waals surface area (Å²) in [4.78, 5) is 63.0. The van der Waals surface area contributed by atoms with Gasteiger partial charge in [0, 0.05) is 37.7 Å². The summed E-state index contributed by atoms with van der Waals surface area (Å²) in [5, 5.41) is 7.85. The summed E-state index contributed by atoms with van der Waals surface area (Å²) in [6.45, 7) is 5.77. The maximum Gasteiger partial charge on any atom is 0.407 e. The number of ether oxygens (including phenoxy) is 1. The molecule has 2 aliphatic rings. The molecule has 1 aliphatic heterocycles. The minimum atomic E-state index is -0.610. The first-order valence-electron chi connectivity index (χ1n) is 12.1. The summed E-state index contributed by atoms with van der Waals surface area (Å²) >= 11 is 0. The molecule has 10 nitrogen and oxygen atoms in total. The van der Waals surface area contributed by atoms with Gasteiger partial charge >= 0.3 is 6.09 Å². The molecule has 0 saturated heterocycles. The monoisotopic (exact) mass is 486 g/mol. The predicted molar refractivity (Wildman–Crippen MR) is 128 cm³/mol. The van der Waals surface area contributed by atoms with Crippen molar-refractivity contribution in [3.05, 3.63) is 34.9 Å². The number of hydrogen-bond donors (Lipinski definition) is 3. The molecule has 3 N–H and O–H groups in total. The van der Waals surface area contributed by atoms with E-state index in [4.69, 9.17) is 4.74 Å². The lowest BCUT2D eigenvalue weighted by atomic mass is 9.94. The van der Waals surface area contributed by atoms with Gasteiger partial charge in [0.2, 0.25) is 5.91 Å². The molecular formula is C25H34N4O6. The summed E-state index contributed by atoms with van der Waals surface area (Å²) in [5.41, 5.74) is 0.271. The van der Waals surface area contributed by atoms with Crippen LogP contribution in [0.2, 0.25) is 0 Å². The smallest absolute Gasteiger partial charge is 0.407 e. The minimum Gasteiger partial charge on any atom is -0.444 e. The molecule has 3 rings (SSSR count). The molecule has 35 heavy (non-hydrogen) atoms. The molecule has 1 aromatic rings. The normalized spacial score (nSPS) is 16.0. The van der Waals surface area contributed by atoms with Crippen LogP contribution >= 0.6 is 0 Å². The second-order valence-corrected chi connectivity index (χ2v) is 9.82. The highest BCUT2D eigenvalue weighted by molar-refractivity contribution is 6.22. The van der Waals surface area contributed by atoms with Crippen LogP contribution in [0.25, 0.3) is 0 Å². The Bertz CT molecular complexity index is 994. The van der Waals surface area contributed by atoms with Gasteiger partial charge in [-0.2, -0.15) is 0 Å². The first-order chi connectivity index (χ1) is 16.6. The number of alkyl carbamates (subject to hydrolysis) is 1. The van der Waals surface area contributed by atoms with Crippen molar-refractivity contribution in [3.63, 3.8) is 0 Å². The van der Waals surface area contributed by atoms with Gasteiger partial charge < -0.3 is 20.7 Å². The van der Waals surface area contributed by atoms with E-state index in [1.165, 1.54) is 23.1 Å². The van der Waals surface area contributed by atoms with E-state index in [-0.39, 0.29) is 60.9 Å². The van der Waals surface area contributed by atoms with Crippen LogP contribution in [0.3, 0.4) is 0 Å². The fourth-order valence-corrected chi connectivity index (χ4v) is 4.23. The van der Waals surface area contributed by atoms with Gasteiger partial charge in [0.15, 0.2) is 0 Å². The molecule has 0 bridgehead atoms. The lowest BCUT2D eigenvalue weighted by Crippen LogP contribution is -2.40. The SMILES string of the molecule is CC(C)(C)OC(=O)NCCC(=O)NCCNC(=O)c1ccc2c(c1)C(=O)N(C1CCCCC1)C2=O. The van der Waals surface area contributed by atoms with Crippen LogP contribution in [0, 0.1) is 0 Å². The number of rotatable bonds is 8. The molecule has 0 unspecified atom stereocenters. The number of hydrogen-bond acceptors (Lipinski definition) is 6. The van der Waals surface area contributed by atoms with Gasteiger partial charge in [-0.25, -0.2) is 4.79 Å². The molecule has 1 fully saturated rings. The highest BCUT2D eigenvalue weighted by Gasteiger charge is 2.40. The average Bonchev–Trinajstić information content (AvgIpc) is 3.05. The third-order valence-corrected chi connectivity index (χ3v) is 5.87. The van der Waals surface area contributed by atoms with Crippen molar-refractivity contribution in [3.8, 4) is 0 Å². The third-order valence-electron chi connectivity index (χ3n) is 5.87. The zero-order valence-electron chi connectivity index (χ0n) is 20.6. The zero-order chi connectivity index (χ0) is 25.6. The van der Waals surface area contributed by atoms with E-state index in [0.29, 0.717) is 5.56 Å². The van der Waals surface area contributed by atoms with Crippen molar-refractivity contribution in [2.24, 2.45) is 0 Å². The van der Waals surface area contributed by atoms with Crippen LogP contribution in [0.5, 0.6) is 0 Å². The molecule has 1 saturated carbocycles. The second kappa shape index (κ2) is 11.3. The number of benzene rings is 1. The van der Waals surface area contributed by atoms with Crippen molar-refractivity contribution in [1.29, 1.82) is 0 Å². The number of carbonyl (C=O) groups excluding carboxylic acids is 5. The fourth-order valence-electron chi connectivity index (χ4n) is 4.23. The number of nitrogens with zero attached hydrogens (tertiary/aromatic N) is 1. The first kappa shape index (κ1) is 26.2. The van der Waals surface area contributed by atoms with E-state index in [9.17, 15) is 24.0 Å². The number of fused-ring (bicyclic) bond motifs is 1. The third kappa shape index (κ3) is 7.03. The highest BCUT2D eigenvalue weighted by Crippen LogP contribution is 2.31. The maximum atomic E-state index is 12.9. The van der Waals surface area contributed by atoms with Gasteiger partial charge in [0.05, 0.1) is 11.1 Å². The largest absolute Gasteiger partial charge is 0.444 e. The van der Waals surface area contributed by atoms with E-state index in [1.54, 1.807) is 20.8 Å². The number of imide groups is 1. The van der Waals surface area contributed by atoms with Crippen LogP contribution in [-0.4, -0.2) is 65.9 Å². The van der Waals surface area contributed by atoms with Crippen molar-refractivity contribution < 1.29 is 28.7 Å². The molecule has 0 radical (unpaired) electrons. The minimum absolute atomic E-state index is 0.0728. The van der Waals surface area contributed by atoms with Crippen LogP contribution in [0.1, 0.15) is 90.4 Å². The Morgan fingerprint density at radius 3 is 2.26 bits per heavy atom. The number of nitrogens with one attached hydrogen (secondary N) is 3. The molecule has 0 aromatic heterocycles. The van der Waals surface area contributed by atoms with Crippen molar-refractivity contribution >= 4 is 29.7 Å². The van der Waals surface area contributed by atoms with E-state index in [2.05, 4.69) is 16.0 Å². The maximum absolute atomic E-state index is 12.9. The molecule has 1 aromatic carbocycles. The Morgan fingerprint density at radius 2 is 1.57 bits per heavy atom. The standard InChI is InChI=1S/C25H34N4O6/c1-25(2,3)35-24(34)28-12-11-20(30)26-13-14-27-21(31)16-9-10-18-19(15-16)23(33)29(22(18)32)17-7-5-4-6-8-17/h9-10,15,17H,4-8,11-14H2,1-3H3,(H,26,30)(H,27,31)(H,28,34). The second-order valence-electron chi connectivity index (χ2n) is 9.82. The van der Waals surface area contributed by atoms with E-state index in [1.807, 2.05) is 0 Å². The van der Waals surface area contributed by atoms with Crippen LogP contribution < -0.4 is 16.0 Å². The molecule has 0 atom stereocenters. The molecule has 1 heterocycles. The Hall–Kier alpha value is -3.43. The average molecular weight is 487 g/mol. The van der Waals surface area contributed by atoms with Gasteiger partial charge in [0.25, 0.3) is 17.7 Å². The predicted octanol–water partition coefficient (Wildman–Crippen LogP) is 2.38. The van der Waals surface area contributed by atoms with Gasteiger partial charge in [0.1, 0.15) is 5.60 Å². The van der Waals surface area contributed by atoms with Gasteiger partial charge in [-0.15, -0.1) is 0 Å². The highest BCUT2D eigenvalue weighted by atomic mass is 16.6. The quantitative estimate of drug-likeness (QED) is 0.382. The summed E-state index contributed by atoms with van der Waals surface area (Å²) in [6.07, 6.45) is 4.25. The zero-order valence-corrected chi connectivity index (χ0v) is 20.6. The molecule has 1 aliphatic carbocycles. The van der Waals surface area contributed by atoms with Crippen LogP contribution in [0.4, 0.5) is 4.79 Å². The van der Waals surface area contributed by atoms with Gasteiger partial charge in [-0.05, 0) is 51.8 Å². The Labute approximate surface area is 205 Å². The van der Waals surface area contributed by atoms with E-state index >= 15 is 0 Å². The van der Waals surface area contributed by atoms with Crippen LogP contribution in [0.15, 0.2) is 18.2 Å². The van der Waals surface area contributed by atoms with Gasteiger partial charge in [-0.3, -0.25) is 24.1 Å². The van der Waals surface area contributed by atoms with Crippen LogP contribution in [-0.2, 0) is 9.53 Å². The summed E-state index contributed by atoms with van der Waals surface area (Å²) in [6, 6.07) is 4.46. The lowest BCUT2D eigenvalue weighted by molar-refractivity contribution is -0.120. The number of carbonyl (C=O) groups is 5. The fraction of sp³-hybridized carbons (Fsp3) is 0.560. The first-order valence-corrected chi connectivity index (χ1v) is 12.1. The summed E-state index contributed by atoms with van der Waals surface area (Å²) in [7, 11) is 0. The molecule has 5 amide bonds. The molecule has 190 valence electrons. The summed E-state index contributed by atoms with van der Waals surface area (Å²) < 4.78 is 5.09. The van der Waals surface area contributed by atoms with Crippen molar-refractivity contribution in [1.82, 2.24) is 20.9 Å². The topological polar surface area (TPSA) is 134 Å². The molecular weight excluding hydrogens is 452 g/mol. The molecule has 0 spiro atoms. The Balaban J connectivity index is 1.42. The van der Waals surface area contributed by atoms with Crippen molar-refractivity contribution in [2.45, 2.75) is 70.9 Å².